The number of rotatable bonds is 8. The van der Waals surface area contributed by atoms with Crippen LogP contribution in [0.1, 0.15) is 16.7 Å². The third-order valence-corrected chi connectivity index (χ3v) is 3.98. The molecule has 0 aliphatic rings. The molecule has 0 radical (unpaired) electrons. The number of anilines is 1. The number of hydrogen-bond acceptors (Lipinski definition) is 4. The molecule has 1 aromatic heterocycles. The molecule has 0 saturated heterocycles. The topological polar surface area (TPSA) is 77.5 Å². The monoisotopic (exact) mass is 342 g/mol. The number of pyridine rings is 1. The van der Waals surface area contributed by atoms with E-state index in [9.17, 15) is 9.90 Å². The van der Waals surface area contributed by atoms with Crippen LogP contribution in [-0.2, 0) is 6.54 Å². The Balaban J connectivity index is 1.83. The van der Waals surface area contributed by atoms with E-state index in [1.165, 1.54) is 0 Å². The molecule has 25 heavy (non-hydrogen) atoms. The molecule has 1 aromatic carbocycles. The first kappa shape index (κ1) is 18.7. The molecule has 0 fully saturated rings. The van der Waals surface area contributed by atoms with E-state index in [4.69, 9.17) is 0 Å². The van der Waals surface area contributed by atoms with Gasteiger partial charge in [-0.1, -0.05) is 30.3 Å². The Morgan fingerprint density at radius 1 is 1.12 bits per heavy atom. The molecule has 2 aromatic rings. The summed E-state index contributed by atoms with van der Waals surface area (Å²) in [4.78, 5) is 18.3. The fraction of sp³-hybridized carbons (Fsp3) is 0.368. The van der Waals surface area contributed by atoms with Crippen LogP contribution in [0.3, 0.4) is 0 Å². The largest absolute Gasteiger partial charge is 0.395 e. The molecule has 0 atom stereocenters. The quantitative estimate of drug-likeness (QED) is 0.644. The third kappa shape index (κ3) is 5.76. The van der Waals surface area contributed by atoms with Gasteiger partial charge in [0.2, 0.25) is 0 Å². The van der Waals surface area contributed by atoms with Crippen molar-refractivity contribution < 1.29 is 9.90 Å². The molecule has 2 amide bonds. The number of hydrogen-bond donors (Lipinski definition) is 3. The lowest BCUT2D eigenvalue weighted by Crippen LogP contribution is -2.42. The Morgan fingerprint density at radius 3 is 2.60 bits per heavy atom. The van der Waals surface area contributed by atoms with E-state index in [-0.39, 0.29) is 12.6 Å². The number of aliphatic hydroxyl groups excluding tert-OH is 1. The highest BCUT2D eigenvalue weighted by Crippen LogP contribution is 2.11. The summed E-state index contributed by atoms with van der Waals surface area (Å²) in [5, 5.41) is 15.3. The van der Waals surface area contributed by atoms with Crippen LogP contribution < -0.4 is 10.6 Å². The number of carbonyl (C=O) groups is 1. The Bertz CT molecular complexity index is 691. The summed E-state index contributed by atoms with van der Waals surface area (Å²) in [6.07, 6.45) is 1.74. The molecule has 6 heteroatoms. The molecular formula is C19H26N4O2. The Morgan fingerprint density at radius 2 is 1.88 bits per heavy atom. The van der Waals surface area contributed by atoms with Gasteiger partial charge in [-0.15, -0.1) is 0 Å². The SMILES string of the molecule is Cc1ccccc1CN(CCO)C(=O)NCCNc1ncccc1C. The highest BCUT2D eigenvalue weighted by Gasteiger charge is 2.13. The smallest absolute Gasteiger partial charge is 0.317 e. The van der Waals surface area contributed by atoms with Gasteiger partial charge in [-0.2, -0.15) is 0 Å². The van der Waals surface area contributed by atoms with Crippen molar-refractivity contribution in [2.45, 2.75) is 20.4 Å². The minimum Gasteiger partial charge on any atom is -0.395 e. The summed E-state index contributed by atoms with van der Waals surface area (Å²) in [6.45, 7) is 5.78. The van der Waals surface area contributed by atoms with E-state index in [1.54, 1.807) is 11.1 Å². The maximum absolute atomic E-state index is 12.4. The number of aliphatic hydroxyl groups is 1. The Hall–Kier alpha value is -2.60. The molecule has 0 aliphatic carbocycles. The highest BCUT2D eigenvalue weighted by atomic mass is 16.3. The molecule has 1 heterocycles. The van der Waals surface area contributed by atoms with Crippen LogP contribution in [0.5, 0.6) is 0 Å². The van der Waals surface area contributed by atoms with Crippen molar-refractivity contribution in [3.63, 3.8) is 0 Å². The van der Waals surface area contributed by atoms with Gasteiger partial charge in [-0.25, -0.2) is 9.78 Å². The zero-order valence-electron chi connectivity index (χ0n) is 14.8. The lowest BCUT2D eigenvalue weighted by Gasteiger charge is -2.23. The van der Waals surface area contributed by atoms with Crippen LogP contribution in [0.2, 0.25) is 0 Å². The van der Waals surface area contributed by atoms with Crippen molar-refractivity contribution >= 4 is 11.8 Å². The average Bonchev–Trinajstić information content (AvgIpc) is 2.61. The predicted molar refractivity (Wildman–Crippen MR) is 99.5 cm³/mol. The molecule has 0 aliphatic heterocycles. The van der Waals surface area contributed by atoms with Gasteiger partial charge in [0, 0.05) is 32.4 Å². The number of aromatic nitrogens is 1. The van der Waals surface area contributed by atoms with Gasteiger partial charge in [-0.05, 0) is 36.6 Å². The molecule has 0 bridgehead atoms. The van der Waals surface area contributed by atoms with E-state index in [2.05, 4.69) is 15.6 Å². The fourth-order valence-electron chi connectivity index (χ4n) is 2.50. The summed E-state index contributed by atoms with van der Waals surface area (Å²) in [5.74, 6) is 0.823. The lowest BCUT2D eigenvalue weighted by atomic mass is 10.1. The van der Waals surface area contributed by atoms with E-state index in [0.29, 0.717) is 26.2 Å². The van der Waals surface area contributed by atoms with Gasteiger partial charge in [-0.3, -0.25) is 0 Å². The summed E-state index contributed by atoms with van der Waals surface area (Å²) in [6, 6.07) is 11.6. The zero-order valence-corrected chi connectivity index (χ0v) is 14.8. The van der Waals surface area contributed by atoms with E-state index in [0.717, 1.165) is 22.5 Å². The minimum absolute atomic E-state index is 0.0648. The first-order valence-electron chi connectivity index (χ1n) is 8.45. The first-order chi connectivity index (χ1) is 12.1. The summed E-state index contributed by atoms with van der Waals surface area (Å²) >= 11 is 0. The number of carbonyl (C=O) groups excluding carboxylic acids is 1. The average molecular weight is 342 g/mol. The normalized spacial score (nSPS) is 10.4. The van der Waals surface area contributed by atoms with E-state index < -0.39 is 0 Å². The van der Waals surface area contributed by atoms with Crippen molar-refractivity contribution in [1.82, 2.24) is 15.2 Å². The third-order valence-electron chi connectivity index (χ3n) is 3.98. The minimum atomic E-state index is -0.183. The summed E-state index contributed by atoms with van der Waals surface area (Å²) < 4.78 is 0. The highest BCUT2D eigenvalue weighted by molar-refractivity contribution is 5.74. The van der Waals surface area contributed by atoms with Gasteiger partial charge in [0.05, 0.1) is 6.61 Å². The van der Waals surface area contributed by atoms with Crippen molar-refractivity contribution in [2.75, 3.05) is 31.6 Å². The maximum atomic E-state index is 12.4. The number of amides is 2. The number of benzene rings is 1. The summed E-state index contributed by atoms with van der Waals surface area (Å²) in [5.41, 5.74) is 3.27. The molecule has 6 nitrogen and oxygen atoms in total. The van der Waals surface area contributed by atoms with Crippen molar-refractivity contribution in [1.29, 1.82) is 0 Å². The van der Waals surface area contributed by atoms with Crippen molar-refractivity contribution in [3.05, 3.63) is 59.3 Å². The van der Waals surface area contributed by atoms with E-state index in [1.807, 2.05) is 50.2 Å². The van der Waals surface area contributed by atoms with Crippen LogP contribution in [0.4, 0.5) is 10.6 Å². The molecule has 0 saturated carbocycles. The van der Waals surface area contributed by atoms with Crippen LogP contribution in [0, 0.1) is 13.8 Å². The molecule has 0 unspecified atom stereocenters. The van der Waals surface area contributed by atoms with Crippen LogP contribution in [-0.4, -0.2) is 47.3 Å². The number of nitrogens with zero attached hydrogens (tertiary/aromatic N) is 2. The molecule has 0 spiro atoms. The van der Waals surface area contributed by atoms with Crippen LogP contribution in [0.15, 0.2) is 42.6 Å². The second kappa shape index (κ2) is 9.64. The van der Waals surface area contributed by atoms with Crippen LogP contribution >= 0.6 is 0 Å². The van der Waals surface area contributed by atoms with Crippen molar-refractivity contribution in [2.24, 2.45) is 0 Å². The number of nitrogens with one attached hydrogen (secondary N) is 2. The van der Waals surface area contributed by atoms with Crippen molar-refractivity contribution in [3.8, 4) is 0 Å². The molecule has 3 N–H and O–H groups in total. The lowest BCUT2D eigenvalue weighted by molar-refractivity contribution is 0.174. The maximum Gasteiger partial charge on any atom is 0.317 e. The van der Waals surface area contributed by atoms with Gasteiger partial charge in [0.15, 0.2) is 0 Å². The Labute approximate surface area is 148 Å². The zero-order chi connectivity index (χ0) is 18.1. The van der Waals surface area contributed by atoms with E-state index >= 15 is 0 Å². The number of aryl methyl sites for hydroxylation is 2. The predicted octanol–water partition coefficient (Wildman–Crippen LogP) is 2.31. The molecule has 134 valence electrons. The van der Waals surface area contributed by atoms with Gasteiger partial charge in [0.25, 0.3) is 0 Å². The summed E-state index contributed by atoms with van der Waals surface area (Å²) in [7, 11) is 0. The van der Waals surface area contributed by atoms with Gasteiger partial charge < -0.3 is 20.6 Å². The van der Waals surface area contributed by atoms with Gasteiger partial charge in [0.1, 0.15) is 5.82 Å². The molecule has 2 rings (SSSR count). The number of urea groups is 1. The Kier molecular flexibility index (Phi) is 7.22. The van der Waals surface area contributed by atoms with Crippen LogP contribution in [0.25, 0.3) is 0 Å². The second-order valence-corrected chi connectivity index (χ2v) is 5.90. The first-order valence-corrected chi connectivity index (χ1v) is 8.45. The fourth-order valence-corrected chi connectivity index (χ4v) is 2.50. The van der Waals surface area contributed by atoms with Gasteiger partial charge >= 0.3 is 6.03 Å². The standard InChI is InChI=1S/C19H26N4O2/c1-15-6-3-4-8-17(15)14-23(12-13-24)19(25)22-11-10-21-18-16(2)7-5-9-20-18/h3-9,24H,10-14H2,1-2H3,(H,20,21)(H,22,25). The second-order valence-electron chi connectivity index (χ2n) is 5.90. The molecular weight excluding hydrogens is 316 g/mol.